The van der Waals surface area contributed by atoms with Crippen LogP contribution >= 0.6 is 12.4 Å². The van der Waals surface area contributed by atoms with Crippen molar-refractivity contribution in [2.75, 3.05) is 37.6 Å². The topological polar surface area (TPSA) is 56.7 Å². The molecular weight excluding hydrogens is 446 g/mol. The molecule has 0 radical (unpaired) electrons. The first kappa shape index (κ1) is 24.0. The maximum atomic E-state index is 11.5. The number of aryl methyl sites for hydroxylation is 2. The van der Waals surface area contributed by atoms with Crippen LogP contribution in [0.25, 0.3) is 5.57 Å². The molecule has 1 aliphatic carbocycles. The summed E-state index contributed by atoms with van der Waals surface area (Å²) in [4.78, 5) is 20.4. The van der Waals surface area contributed by atoms with Gasteiger partial charge in [0.25, 0.3) is 0 Å². The average Bonchev–Trinajstić information content (AvgIpc) is 3.02. The number of nitrogens with zero attached hydrogens (tertiary/aromatic N) is 3. The van der Waals surface area contributed by atoms with Gasteiger partial charge in [-0.1, -0.05) is 54.6 Å². The Hall–Kier alpha value is -3.15. The van der Waals surface area contributed by atoms with Crippen molar-refractivity contribution in [1.29, 1.82) is 0 Å². The molecule has 176 valence electrons. The van der Waals surface area contributed by atoms with Crippen LogP contribution in [0.4, 0.5) is 5.82 Å². The quantitative estimate of drug-likeness (QED) is 0.566. The molecule has 0 unspecified atom stereocenters. The third kappa shape index (κ3) is 5.01. The second-order valence-corrected chi connectivity index (χ2v) is 8.73. The minimum absolute atomic E-state index is 0. The van der Waals surface area contributed by atoms with Gasteiger partial charge in [0.2, 0.25) is 0 Å². The summed E-state index contributed by atoms with van der Waals surface area (Å²) in [5.74, 6) is -0.338. The molecule has 2 aliphatic rings. The second-order valence-electron chi connectivity index (χ2n) is 8.73. The number of rotatable bonds is 5. The number of carboxylic acid groups (broad SMARTS) is 1. The van der Waals surface area contributed by atoms with Crippen molar-refractivity contribution >= 4 is 29.8 Å². The normalized spacial score (nSPS) is 15.5. The predicted molar refractivity (Wildman–Crippen MR) is 139 cm³/mol. The van der Waals surface area contributed by atoms with Gasteiger partial charge in [0, 0.05) is 38.9 Å². The number of carboxylic acids is 1. The molecule has 5 rings (SSSR count). The lowest BCUT2D eigenvalue weighted by Gasteiger charge is -2.35. The maximum Gasteiger partial charge on any atom is 0.339 e. The van der Waals surface area contributed by atoms with Gasteiger partial charge < -0.3 is 10.0 Å². The highest BCUT2D eigenvalue weighted by molar-refractivity contribution is 5.93. The van der Waals surface area contributed by atoms with Gasteiger partial charge in [-0.3, -0.25) is 4.90 Å². The van der Waals surface area contributed by atoms with E-state index in [0.29, 0.717) is 5.82 Å². The predicted octanol–water partition coefficient (Wildman–Crippen LogP) is 4.94. The van der Waals surface area contributed by atoms with E-state index in [1.165, 1.54) is 27.8 Å². The number of hydrogen-bond acceptors (Lipinski definition) is 4. The van der Waals surface area contributed by atoms with Crippen molar-refractivity contribution in [3.63, 3.8) is 0 Å². The molecule has 1 fully saturated rings. The van der Waals surface area contributed by atoms with Crippen molar-refractivity contribution < 1.29 is 9.90 Å². The van der Waals surface area contributed by atoms with Gasteiger partial charge in [0.1, 0.15) is 11.4 Å². The van der Waals surface area contributed by atoms with Crippen molar-refractivity contribution in [3.8, 4) is 0 Å². The lowest BCUT2D eigenvalue weighted by Crippen LogP contribution is -2.47. The summed E-state index contributed by atoms with van der Waals surface area (Å²) in [7, 11) is 0. The Morgan fingerprint density at radius 1 is 0.882 bits per heavy atom. The Balaban J connectivity index is 0.00000274. The Bertz CT molecular complexity index is 1140. The minimum atomic E-state index is -0.920. The smallest absolute Gasteiger partial charge is 0.339 e. The SMILES string of the molecule is Cl.O=C(O)c1cccnc1N1CCN(CCC=C2c3ccccc3CCc3ccccc32)CC1. The molecule has 0 bridgehead atoms. The van der Waals surface area contributed by atoms with Crippen LogP contribution in [-0.4, -0.2) is 53.7 Å². The van der Waals surface area contributed by atoms with Crippen LogP contribution in [0.15, 0.2) is 72.9 Å². The van der Waals surface area contributed by atoms with E-state index >= 15 is 0 Å². The third-order valence-corrected chi connectivity index (χ3v) is 6.76. The van der Waals surface area contributed by atoms with Crippen LogP contribution in [0.1, 0.15) is 39.0 Å². The molecule has 3 aromatic rings. The molecule has 6 heteroatoms. The maximum absolute atomic E-state index is 11.5. The first-order chi connectivity index (χ1) is 16.2. The fraction of sp³-hybridized carbons (Fsp3) is 0.286. The van der Waals surface area contributed by atoms with Gasteiger partial charge in [-0.05, 0) is 59.2 Å². The van der Waals surface area contributed by atoms with Crippen molar-refractivity contribution in [3.05, 3.63) is 101 Å². The van der Waals surface area contributed by atoms with Gasteiger partial charge in [-0.25, -0.2) is 9.78 Å². The van der Waals surface area contributed by atoms with Crippen LogP contribution in [0.2, 0.25) is 0 Å². The van der Waals surface area contributed by atoms with Crippen LogP contribution in [-0.2, 0) is 12.8 Å². The number of halogens is 1. The van der Waals surface area contributed by atoms with Gasteiger partial charge in [-0.15, -0.1) is 12.4 Å². The van der Waals surface area contributed by atoms with E-state index < -0.39 is 5.97 Å². The van der Waals surface area contributed by atoms with Crippen molar-refractivity contribution in [2.24, 2.45) is 0 Å². The molecular formula is C28H30ClN3O2. The molecule has 34 heavy (non-hydrogen) atoms. The zero-order valence-electron chi connectivity index (χ0n) is 19.2. The number of aromatic nitrogens is 1. The molecule has 2 aromatic carbocycles. The van der Waals surface area contributed by atoms with Gasteiger partial charge in [-0.2, -0.15) is 0 Å². The largest absolute Gasteiger partial charge is 0.478 e. The number of piperazine rings is 1. The van der Waals surface area contributed by atoms with Crippen molar-refractivity contribution in [1.82, 2.24) is 9.88 Å². The number of fused-ring (bicyclic) bond motifs is 2. The minimum Gasteiger partial charge on any atom is -0.478 e. The molecule has 1 saturated heterocycles. The van der Waals surface area contributed by atoms with Crippen molar-refractivity contribution in [2.45, 2.75) is 19.3 Å². The van der Waals surface area contributed by atoms with E-state index in [2.05, 4.69) is 69.4 Å². The molecule has 2 heterocycles. The zero-order chi connectivity index (χ0) is 22.6. The highest BCUT2D eigenvalue weighted by atomic mass is 35.5. The number of pyridine rings is 1. The summed E-state index contributed by atoms with van der Waals surface area (Å²) in [5.41, 5.74) is 7.22. The van der Waals surface area contributed by atoms with E-state index in [1.54, 1.807) is 18.3 Å². The highest BCUT2D eigenvalue weighted by Crippen LogP contribution is 2.33. The molecule has 5 nitrogen and oxygen atoms in total. The van der Waals surface area contributed by atoms with E-state index in [4.69, 9.17) is 0 Å². The van der Waals surface area contributed by atoms with Crippen LogP contribution in [0, 0.1) is 0 Å². The molecule has 1 aliphatic heterocycles. The summed E-state index contributed by atoms with van der Waals surface area (Å²) in [6.45, 7) is 4.40. The number of hydrogen-bond donors (Lipinski definition) is 1. The number of carbonyl (C=O) groups is 1. The molecule has 1 aromatic heterocycles. The first-order valence-electron chi connectivity index (χ1n) is 11.7. The molecule has 0 saturated carbocycles. The van der Waals surface area contributed by atoms with E-state index in [1.807, 2.05) is 0 Å². The summed E-state index contributed by atoms with van der Waals surface area (Å²) in [6, 6.07) is 20.9. The summed E-state index contributed by atoms with van der Waals surface area (Å²) in [5, 5.41) is 9.46. The Labute approximate surface area is 207 Å². The molecule has 0 amide bonds. The van der Waals surface area contributed by atoms with Crippen LogP contribution < -0.4 is 4.90 Å². The van der Waals surface area contributed by atoms with Crippen LogP contribution in [0.5, 0.6) is 0 Å². The first-order valence-corrected chi connectivity index (χ1v) is 11.7. The number of benzene rings is 2. The Kier molecular flexibility index (Phi) is 7.66. The number of aromatic carboxylic acids is 1. The molecule has 0 atom stereocenters. The van der Waals surface area contributed by atoms with Gasteiger partial charge in [0.15, 0.2) is 0 Å². The second kappa shape index (κ2) is 10.9. The summed E-state index contributed by atoms with van der Waals surface area (Å²) >= 11 is 0. The summed E-state index contributed by atoms with van der Waals surface area (Å²) < 4.78 is 0. The number of anilines is 1. The fourth-order valence-corrected chi connectivity index (χ4v) is 5.03. The molecule has 1 N–H and O–H groups in total. The van der Waals surface area contributed by atoms with E-state index in [9.17, 15) is 9.90 Å². The standard InChI is InChI=1S/C28H29N3O2.ClH/c32-28(33)26-11-5-15-29-27(26)31-19-17-30(18-20-31)16-6-12-25-23-9-3-1-7-21(23)13-14-22-8-2-4-10-24(22)25;/h1-5,7-12,15H,6,13-14,16-20H2,(H,32,33);1H. The van der Waals surface area contributed by atoms with Crippen LogP contribution in [0.3, 0.4) is 0 Å². The third-order valence-electron chi connectivity index (χ3n) is 6.76. The lowest BCUT2D eigenvalue weighted by atomic mass is 9.93. The lowest BCUT2D eigenvalue weighted by molar-refractivity contribution is 0.0697. The fourth-order valence-electron chi connectivity index (χ4n) is 5.03. The van der Waals surface area contributed by atoms with Gasteiger partial charge >= 0.3 is 5.97 Å². The zero-order valence-corrected chi connectivity index (χ0v) is 20.0. The van der Waals surface area contributed by atoms with E-state index in [-0.39, 0.29) is 18.0 Å². The summed E-state index contributed by atoms with van der Waals surface area (Å²) in [6.07, 6.45) is 7.23. The van der Waals surface area contributed by atoms with E-state index in [0.717, 1.165) is 52.0 Å². The Morgan fingerprint density at radius 3 is 2.12 bits per heavy atom. The monoisotopic (exact) mass is 475 g/mol. The molecule has 0 spiro atoms. The van der Waals surface area contributed by atoms with Gasteiger partial charge in [0.05, 0.1) is 0 Å². The average molecular weight is 476 g/mol. The highest BCUT2D eigenvalue weighted by Gasteiger charge is 2.22. The Morgan fingerprint density at radius 2 is 1.50 bits per heavy atom.